The standard InChI is InChI=1S/C20H28N4O3/c1-20(2,3)18(21)19(26)22-15-4-5-16-14(12-15)6-7-24(16)13-17(25)23-8-10-27-11-9-23/h4-7,12,18H,8-11,13,21H2,1-3H3,(H,22,26)/t18-/m1/s1. The van der Waals surface area contributed by atoms with E-state index < -0.39 is 6.04 Å². The Balaban J connectivity index is 1.71. The zero-order valence-electron chi connectivity index (χ0n) is 16.2. The summed E-state index contributed by atoms with van der Waals surface area (Å²) in [6.07, 6.45) is 1.90. The van der Waals surface area contributed by atoms with Crippen molar-refractivity contribution in [3.63, 3.8) is 0 Å². The Morgan fingerprint density at radius 2 is 1.93 bits per heavy atom. The van der Waals surface area contributed by atoms with Crippen LogP contribution in [0.1, 0.15) is 20.8 Å². The van der Waals surface area contributed by atoms with Crippen molar-refractivity contribution >= 4 is 28.4 Å². The average Bonchev–Trinajstić information content (AvgIpc) is 3.03. The smallest absolute Gasteiger partial charge is 0.242 e. The molecule has 0 saturated carbocycles. The molecule has 0 bridgehead atoms. The van der Waals surface area contributed by atoms with Gasteiger partial charge in [-0.15, -0.1) is 0 Å². The highest BCUT2D eigenvalue weighted by atomic mass is 16.5. The first-order chi connectivity index (χ1) is 12.8. The fourth-order valence-electron chi connectivity index (χ4n) is 3.09. The van der Waals surface area contributed by atoms with Gasteiger partial charge in [-0.3, -0.25) is 9.59 Å². The Morgan fingerprint density at radius 1 is 1.22 bits per heavy atom. The minimum Gasteiger partial charge on any atom is -0.378 e. The molecule has 7 nitrogen and oxygen atoms in total. The molecule has 1 fully saturated rings. The van der Waals surface area contributed by atoms with Gasteiger partial charge in [0.1, 0.15) is 6.54 Å². The molecule has 0 unspecified atom stereocenters. The summed E-state index contributed by atoms with van der Waals surface area (Å²) in [6, 6.07) is 7.01. The molecule has 1 aromatic carbocycles. The van der Waals surface area contributed by atoms with Gasteiger partial charge in [-0.05, 0) is 29.7 Å². The molecule has 1 aliphatic heterocycles. The molecular formula is C20H28N4O3. The number of carbonyl (C=O) groups excluding carboxylic acids is 2. The van der Waals surface area contributed by atoms with E-state index in [-0.39, 0.29) is 17.2 Å². The highest BCUT2D eigenvalue weighted by molar-refractivity contribution is 5.97. The summed E-state index contributed by atoms with van der Waals surface area (Å²) in [5.74, 6) is -0.117. The van der Waals surface area contributed by atoms with Gasteiger partial charge in [0.25, 0.3) is 0 Å². The lowest BCUT2D eigenvalue weighted by atomic mass is 9.87. The Labute approximate surface area is 159 Å². The van der Waals surface area contributed by atoms with Crippen molar-refractivity contribution < 1.29 is 14.3 Å². The van der Waals surface area contributed by atoms with E-state index in [2.05, 4.69) is 5.32 Å². The summed E-state index contributed by atoms with van der Waals surface area (Å²) in [4.78, 5) is 26.6. The van der Waals surface area contributed by atoms with Crippen LogP contribution in [0.5, 0.6) is 0 Å². The summed E-state index contributed by atoms with van der Waals surface area (Å²) >= 11 is 0. The Morgan fingerprint density at radius 3 is 2.59 bits per heavy atom. The number of fused-ring (bicyclic) bond motifs is 1. The Kier molecular flexibility index (Phi) is 5.53. The van der Waals surface area contributed by atoms with E-state index in [1.54, 1.807) is 0 Å². The van der Waals surface area contributed by atoms with Crippen LogP contribution in [0.2, 0.25) is 0 Å². The summed E-state index contributed by atoms with van der Waals surface area (Å²) in [5, 5.41) is 3.84. The maximum atomic E-state index is 12.5. The molecule has 3 rings (SSSR count). The minimum absolute atomic E-state index is 0.0873. The molecule has 0 aliphatic carbocycles. The van der Waals surface area contributed by atoms with Gasteiger partial charge in [0.05, 0.1) is 19.3 Å². The molecule has 7 heteroatoms. The van der Waals surface area contributed by atoms with Crippen LogP contribution in [-0.4, -0.2) is 53.6 Å². The van der Waals surface area contributed by atoms with E-state index in [4.69, 9.17) is 10.5 Å². The lowest BCUT2D eigenvalue weighted by molar-refractivity contribution is -0.135. The first-order valence-electron chi connectivity index (χ1n) is 9.26. The number of anilines is 1. The molecule has 1 aromatic heterocycles. The number of amides is 2. The quantitative estimate of drug-likeness (QED) is 0.857. The first kappa shape index (κ1) is 19.4. The number of hydrogen-bond acceptors (Lipinski definition) is 4. The van der Waals surface area contributed by atoms with E-state index in [1.807, 2.05) is 60.7 Å². The Bertz CT molecular complexity index is 831. The number of hydrogen-bond donors (Lipinski definition) is 2. The number of nitrogens with two attached hydrogens (primary N) is 1. The molecular weight excluding hydrogens is 344 g/mol. The number of benzene rings is 1. The zero-order valence-corrected chi connectivity index (χ0v) is 16.2. The minimum atomic E-state index is -0.594. The highest BCUT2D eigenvalue weighted by Crippen LogP contribution is 2.23. The maximum absolute atomic E-state index is 12.5. The van der Waals surface area contributed by atoms with Gasteiger partial charge in [-0.1, -0.05) is 20.8 Å². The van der Waals surface area contributed by atoms with E-state index >= 15 is 0 Å². The lowest BCUT2D eigenvalue weighted by Crippen LogP contribution is -2.45. The molecule has 146 valence electrons. The van der Waals surface area contributed by atoms with Crippen molar-refractivity contribution in [2.45, 2.75) is 33.4 Å². The normalized spacial score (nSPS) is 16.4. The average molecular weight is 372 g/mol. The number of morpholine rings is 1. The van der Waals surface area contributed by atoms with Gasteiger partial charge >= 0.3 is 0 Å². The summed E-state index contributed by atoms with van der Waals surface area (Å²) < 4.78 is 7.22. The third kappa shape index (κ3) is 4.48. The maximum Gasteiger partial charge on any atom is 0.242 e. The molecule has 0 spiro atoms. The molecule has 0 radical (unpaired) electrons. The van der Waals surface area contributed by atoms with Crippen LogP contribution in [0.25, 0.3) is 10.9 Å². The third-order valence-electron chi connectivity index (χ3n) is 4.92. The number of nitrogens with zero attached hydrogens (tertiary/aromatic N) is 2. The SMILES string of the molecule is CC(C)(C)[C@H](N)C(=O)Nc1ccc2c(ccn2CC(=O)N2CCOCC2)c1. The highest BCUT2D eigenvalue weighted by Gasteiger charge is 2.27. The van der Waals surface area contributed by atoms with Crippen LogP contribution in [0.3, 0.4) is 0 Å². The zero-order chi connectivity index (χ0) is 19.6. The molecule has 3 N–H and O–H groups in total. The molecule has 1 atom stereocenters. The van der Waals surface area contributed by atoms with Crippen LogP contribution in [0.4, 0.5) is 5.69 Å². The number of aromatic nitrogens is 1. The van der Waals surface area contributed by atoms with Crippen molar-refractivity contribution in [3.8, 4) is 0 Å². The topological polar surface area (TPSA) is 89.6 Å². The third-order valence-corrected chi connectivity index (χ3v) is 4.92. The molecule has 2 aromatic rings. The van der Waals surface area contributed by atoms with E-state index in [0.29, 0.717) is 38.5 Å². The van der Waals surface area contributed by atoms with Crippen molar-refractivity contribution in [1.82, 2.24) is 9.47 Å². The van der Waals surface area contributed by atoms with Crippen molar-refractivity contribution in [2.75, 3.05) is 31.6 Å². The number of nitrogens with one attached hydrogen (secondary N) is 1. The molecule has 2 amide bonds. The van der Waals surface area contributed by atoms with Crippen LogP contribution >= 0.6 is 0 Å². The second kappa shape index (κ2) is 7.70. The van der Waals surface area contributed by atoms with Crippen molar-refractivity contribution in [3.05, 3.63) is 30.5 Å². The first-order valence-corrected chi connectivity index (χ1v) is 9.26. The second-order valence-electron chi connectivity index (χ2n) is 8.04. The van der Waals surface area contributed by atoms with Crippen LogP contribution in [0, 0.1) is 5.41 Å². The largest absolute Gasteiger partial charge is 0.378 e. The van der Waals surface area contributed by atoms with Gasteiger partial charge in [0.2, 0.25) is 11.8 Å². The van der Waals surface area contributed by atoms with Gasteiger partial charge in [0.15, 0.2) is 0 Å². The van der Waals surface area contributed by atoms with Crippen molar-refractivity contribution in [1.29, 1.82) is 0 Å². The van der Waals surface area contributed by atoms with E-state index in [1.165, 1.54) is 0 Å². The lowest BCUT2D eigenvalue weighted by Gasteiger charge is -2.27. The molecule has 2 heterocycles. The fraction of sp³-hybridized carbons (Fsp3) is 0.500. The predicted molar refractivity (Wildman–Crippen MR) is 105 cm³/mol. The predicted octanol–water partition coefficient (Wildman–Crippen LogP) is 1.81. The van der Waals surface area contributed by atoms with E-state index in [0.717, 1.165) is 10.9 Å². The molecule has 1 saturated heterocycles. The summed E-state index contributed by atoms with van der Waals surface area (Å²) in [7, 11) is 0. The second-order valence-corrected chi connectivity index (χ2v) is 8.04. The van der Waals surface area contributed by atoms with Crippen molar-refractivity contribution in [2.24, 2.45) is 11.1 Å². The van der Waals surface area contributed by atoms with Crippen LogP contribution < -0.4 is 11.1 Å². The number of carbonyl (C=O) groups is 2. The molecule has 1 aliphatic rings. The van der Waals surface area contributed by atoms with Gasteiger partial charge in [-0.2, -0.15) is 0 Å². The van der Waals surface area contributed by atoms with Crippen LogP contribution in [-0.2, 0) is 20.9 Å². The van der Waals surface area contributed by atoms with Gasteiger partial charge < -0.3 is 25.3 Å². The monoisotopic (exact) mass is 372 g/mol. The fourth-order valence-corrected chi connectivity index (χ4v) is 3.09. The molecule has 27 heavy (non-hydrogen) atoms. The number of ether oxygens (including phenoxy) is 1. The summed E-state index contributed by atoms with van der Waals surface area (Å²) in [6.45, 7) is 8.58. The van der Waals surface area contributed by atoms with Gasteiger partial charge in [0, 0.05) is 35.9 Å². The summed E-state index contributed by atoms with van der Waals surface area (Å²) in [5.41, 5.74) is 7.36. The number of rotatable bonds is 4. The van der Waals surface area contributed by atoms with Crippen LogP contribution in [0.15, 0.2) is 30.5 Å². The van der Waals surface area contributed by atoms with E-state index in [9.17, 15) is 9.59 Å². The van der Waals surface area contributed by atoms with Gasteiger partial charge in [-0.25, -0.2) is 0 Å². The Hall–Kier alpha value is -2.38.